The first-order valence-electron chi connectivity index (χ1n) is 12.1. The Balaban J connectivity index is 2.06. The van der Waals surface area contributed by atoms with Crippen molar-refractivity contribution in [1.82, 2.24) is 10.2 Å². The normalized spacial score (nSPS) is 11.9. The number of hydrogen-bond donors (Lipinski definition) is 1. The number of aryl methyl sites for hydroxylation is 1. The molecule has 0 radical (unpaired) electrons. The first-order valence-corrected chi connectivity index (χ1v) is 13.9. The molecular weight excluding hydrogens is 526 g/mol. The maximum Gasteiger partial charge on any atom is 0.264 e. The average molecular weight is 558 g/mol. The van der Waals surface area contributed by atoms with Crippen molar-refractivity contribution in [2.24, 2.45) is 0 Å². The molecule has 1 atom stereocenters. The number of anilines is 1. The molecule has 3 aromatic carbocycles. The fraction of sp³-hybridized carbons (Fsp3) is 0.286. The van der Waals surface area contributed by atoms with Crippen LogP contribution in [0, 0.1) is 6.92 Å². The number of likely N-dealkylation sites (N-methyl/N-ethyl adjacent to an activating group) is 1. The van der Waals surface area contributed by atoms with Crippen LogP contribution in [0.3, 0.4) is 0 Å². The smallest absolute Gasteiger partial charge is 0.264 e. The van der Waals surface area contributed by atoms with Gasteiger partial charge >= 0.3 is 0 Å². The van der Waals surface area contributed by atoms with Crippen molar-refractivity contribution in [3.05, 3.63) is 88.9 Å². The van der Waals surface area contributed by atoms with Crippen molar-refractivity contribution < 1.29 is 22.7 Å². The van der Waals surface area contributed by atoms with Gasteiger partial charge in [0.2, 0.25) is 11.8 Å². The molecule has 0 bridgehead atoms. The van der Waals surface area contributed by atoms with Crippen LogP contribution in [0.1, 0.15) is 24.5 Å². The van der Waals surface area contributed by atoms with Crippen LogP contribution in [0.2, 0.25) is 5.02 Å². The lowest BCUT2D eigenvalue weighted by Crippen LogP contribution is -2.51. The van der Waals surface area contributed by atoms with Crippen LogP contribution < -0.4 is 14.4 Å². The molecule has 0 aliphatic heterocycles. The van der Waals surface area contributed by atoms with Gasteiger partial charge in [-0.05, 0) is 61.4 Å². The van der Waals surface area contributed by atoms with Crippen molar-refractivity contribution in [3.8, 4) is 5.75 Å². The molecule has 0 saturated heterocycles. The molecule has 2 amide bonds. The molecule has 0 unspecified atom stereocenters. The summed E-state index contributed by atoms with van der Waals surface area (Å²) < 4.78 is 33.9. The topological polar surface area (TPSA) is 96.0 Å². The van der Waals surface area contributed by atoms with E-state index < -0.39 is 28.5 Å². The molecule has 0 heterocycles. The molecule has 0 saturated carbocycles. The van der Waals surface area contributed by atoms with Crippen LogP contribution in [0.25, 0.3) is 0 Å². The molecule has 3 aromatic rings. The Morgan fingerprint density at radius 1 is 1.00 bits per heavy atom. The fourth-order valence-electron chi connectivity index (χ4n) is 4.01. The number of sulfonamides is 1. The third-order valence-electron chi connectivity index (χ3n) is 6.18. The second-order valence-corrected chi connectivity index (χ2v) is 10.9. The zero-order valence-corrected chi connectivity index (χ0v) is 23.4. The van der Waals surface area contributed by atoms with Crippen molar-refractivity contribution in [2.45, 2.75) is 37.8 Å². The quantitative estimate of drug-likeness (QED) is 0.377. The molecule has 0 aromatic heterocycles. The summed E-state index contributed by atoms with van der Waals surface area (Å²) in [6, 6.07) is 19.0. The number of halogens is 1. The summed E-state index contributed by atoms with van der Waals surface area (Å²) in [7, 11) is -1.17. The van der Waals surface area contributed by atoms with Crippen LogP contribution in [0.5, 0.6) is 5.75 Å². The number of rotatable bonds is 11. The van der Waals surface area contributed by atoms with Crippen LogP contribution in [-0.2, 0) is 26.2 Å². The Morgan fingerprint density at radius 3 is 2.18 bits per heavy atom. The van der Waals surface area contributed by atoms with Crippen LogP contribution in [0.4, 0.5) is 5.69 Å². The van der Waals surface area contributed by atoms with E-state index in [4.69, 9.17) is 16.3 Å². The highest BCUT2D eigenvalue weighted by Gasteiger charge is 2.33. The van der Waals surface area contributed by atoms with E-state index in [9.17, 15) is 18.0 Å². The summed E-state index contributed by atoms with van der Waals surface area (Å²) in [5.41, 5.74) is 1.91. The number of carbonyl (C=O) groups excluding carboxylic acids is 2. The van der Waals surface area contributed by atoms with Gasteiger partial charge in [0.15, 0.2) is 0 Å². The molecule has 0 fully saturated rings. The number of carbonyl (C=O) groups is 2. The molecule has 1 N–H and O–H groups in total. The zero-order chi connectivity index (χ0) is 27.9. The molecule has 38 heavy (non-hydrogen) atoms. The number of ether oxygens (including phenoxy) is 1. The van der Waals surface area contributed by atoms with Crippen LogP contribution >= 0.6 is 11.6 Å². The van der Waals surface area contributed by atoms with Gasteiger partial charge in [-0.2, -0.15) is 0 Å². The predicted octanol–water partition coefficient (Wildman–Crippen LogP) is 4.41. The van der Waals surface area contributed by atoms with Gasteiger partial charge in [0, 0.05) is 18.6 Å². The van der Waals surface area contributed by atoms with E-state index in [2.05, 4.69) is 5.32 Å². The number of methoxy groups -OCH3 is 1. The van der Waals surface area contributed by atoms with Crippen molar-refractivity contribution in [1.29, 1.82) is 0 Å². The van der Waals surface area contributed by atoms with Crippen LogP contribution in [-0.4, -0.2) is 51.9 Å². The van der Waals surface area contributed by atoms with Gasteiger partial charge < -0.3 is 15.0 Å². The van der Waals surface area contributed by atoms with Gasteiger partial charge in [0.25, 0.3) is 10.0 Å². The molecule has 8 nitrogen and oxygen atoms in total. The van der Waals surface area contributed by atoms with E-state index in [1.54, 1.807) is 67.6 Å². The Bertz CT molecular complexity index is 1360. The van der Waals surface area contributed by atoms with Gasteiger partial charge in [0.05, 0.1) is 17.7 Å². The Labute approximate surface area is 229 Å². The highest BCUT2D eigenvalue weighted by atomic mass is 35.5. The van der Waals surface area contributed by atoms with Gasteiger partial charge in [-0.25, -0.2) is 8.42 Å². The first-order chi connectivity index (χ1) is 18.1. The second-order valence-electron chi connectivity index (χ2n) is 8.67. The van der Waals surface area contributed by atoms with E-state index in [1.807, 2.05) is 6.92 Å². The molecule has 3 rings (SSSR count). The highest BCUT2D eigenvalue weighted by Crippen LogP contribution is 2.27. The van der Waals surface area contributed by atoms with E-state index >= 15 is 0 Å². The Kier molecular flexibility index (Phi) is 9.77. The van der Waals surface area contributed by atoms with Crippen molar-refractivity contribution in [3.63, 3.8) is 0 Å². The molecule has 10 heteroatoms. The van der Waals surface area contributed by atoms with E-state index in [-0.39, 0.29) is 17.3 Å². The zero-order valence-electron chi connectivity index (χ0n) is 21.8. The fourth-order valence-corrected chi connectivity index (χ4v) is 5.62. The van der Waals surface area contributed by atoms with Gasteiger partial charge in [0.1, 0.15) is 18.3 Å². The molecule has 202 valence electrons. The number of nitrogens with zero attached hydrogens (tertiary/aromatic N) is 2. The van der Waals surface area contributed by atoms with Gasteiger partial charge in [-0.3, -0.25) is 13.9 Å². The summed E-state index contributed by atoms with van der Waals surface area (Å²) in [4.78, 5) is 28.0. The van der Waals surface area contributed by atoms with Gasteiger partial charge in [-0.1, -0.05) is 54.4 Å². The first kappa shape index (κ1) is 29.0. The predicted molar refractivity (Wildman–Crippen MR) is 149 cm³/mol. The Morgan fingerprint density at radius 2 is 1.63 bits per heavy atom. The number of nitrogens with one attached hydrogen (secondary N) is 1. The minimum Gasteiger partial charge on any atom is -0.497 e. The molecular formula is C28H32ClN3O5S. The lowest BCUT2D eigenvalue weighted by molar-refractivity contribution is -0.140. The minimum atomic E-state index is -4.16. The van der Waals surface area contributed by atoms with E-state index in [1.165, 1.54) is 31.2 Å². The van der Waals surface area contributed by atoms with Crippen molar-refractivity contribution in [2.75, 3.05) is 25.0 Å². The lowest BCUT2D eigenvalue weighted by atomic mass is 10.1. The average Bonchev–Trinajstić information content (AvgIpc) is 2.92. The summed E-state index contributed by atoms with van der Waals surface area (Å²) in [5.74, 6) is -0.393. The Hall–Kier alpha value is -3.56. The molecule has 0 spiro atoms. The second kappa shape index (κ2) is 12.8. The maximum atomic E-state index is 13.9. The number of amides is 2. The van der Waals surface area contributed by atoms with Crippen molar-refractivity contribution >= 4 is 39.1 Å². The highest BCUT2D eigenvalue weighted by molar-refractivity contribution is 7.92. The van der Waals surface area contributed by atoms with Crippen LogP contribution in [0.15, 0.2) is 77.7 Å². The number of benzene rings is 3. The monoisotopic (exact) mass is 557 g/mol. The largest absolute Gasteiger partial charge is 0.497 e. The number of hydrogen-bond acceptors (Lipinski definition) is 5. The lowest BCUT2D eigenvalue weighted by Gasteiger charge is -2.33. The van der Waals surface area contributed by atoms with E-state index in [0.717, 1.165) is 9.87 Å². The minimum absolute atomic E-state index is 0.00247. The van der Waals surface area contributed by atoms with E-state index in [0.29, 0.717) is 28.4 Å². The summed E-state index contributed by atoms with van der Waals surface area (Å²) in [6.45, 7) is 3.19. The maximum absolute atomic E-state index is 13.9. The molecule has 0 aliphatic carbocycles. The third kappa shape index (κ3) is 6.65. The summed E-state index contributed by atoms with van der Waals surface area (Å²) in [5, 5.41) is 3.04. The standard InChI is InChI=1S/C28H32ClN3O5S/c1-5-26(28(34)30-3)31(18-21-8-6-7-9-25(21)29)27(33)19-32(22-12-10-20(2)11-13-22)38(35,36)24-16-14-23(37-4)15-17-24/h6-17,26H,5,18-19H2,1-4H3,(H,30,34)/t26-/m0/s1. The van der Waals surface area contributed by atoms with Gasteiger partial charge in [-0.15, -0.1) is 0 Å². The molecule has 0 aliphatic rings. The SMILES string of the molecule is CC[C@@H](C(=O)NC)N(Cc1ccccc1Cl)C(=O)CN(c1ccc(C)cc1)S(=O)(=O)c1ccc(OC)cc1. The summed E-state index contributed by atoms with van der Waals surface area (Å²) >= 11 is 6.37. The third-order valence-corrected chi connectivity index (χ3v) is 8.34. The summed E-state index contributed by atoms with van der Waals surface area (Å²) in [6.07, 6.45) is 0.325.